The van der Waals surface area contributed by atoms with Crippen LogP contribution in [0, 0.1) is 0 Å². The molecule has 1 aromatic heterocycles. The summed E-state index contributed by atoms with van der Waals surface area (Å²) >= 11 is 0. The van der Waals surface area contributed by atoms with Gasteiger partial charge in [-0.3, -0.25) is 5.32 Å². The Morgan fingerprint density at radius 1 is 1.43 bits per heavy atom. The first kappa shape index (κ1) is 16.2. The Kier molecular flexibility index (Phi) is 4.82. The fourth-order valence-corrected chi connectivity index (χ4v) is 3.73. The smallest absolute Gasteiger partial charge is 0.320 e. The lowest BCUT2D eigenvalue weighted by Crippen LogP contribution is -2.49. The minimum atomic E-state index is -0.193. The molecule has 6 heteroatoms. The Labute approximate surface area is 137 Å². The van der Waals surface area contributed by atoms with Crippen LogP contribution < -0.4 is 10.6 Å². The van der Waals surface area contributed by atoms with Crippen molar-refractivity contribution in [3.8, 4) is 0 Å². The summed E-state index contributed by atoms with van der Waals surface area (Å²) in [4.78, 5) is 18.6. The zero-order valence-electron chi connectivity index (χ0n) is 14.0. The number of amides is 2. The molecular formula is C17H26N4O2. The van der Waals surface area contributed by atoms with Gasteiger partial charge in [0.1, 0.15) is 5.82 Å². The second-order valence-electron chi connectivity index (χ2n) is 6.85. The number of rotatable bonds is 4. The van der Waals surface area contributed by atoms with E-state index in [9.17, 15) is 4.79 Å². The quantitative estimate of drug-likeness (QED) is 0.894. The monoisotopic (exact) mass is 318 g/mol. The molecule has 1 unspecified atom stereocenters. The van der Waals surface area contributed by atoms with Crippen LogP contribution in [-0.4, -0.2) is 48.3 Å². The summed E-state index contributed by atoms with van der Waals surface area (Å²) in [6, 6.07) is 3.79. The summed E-state index contributed by atoms with van der Waals surface area (Å²) in [7, 11) is 4.03. The first-order valence-electron chi connectivity index (χ1n) is 8.39. The Balaban J connectivity index is 1.59. The highest BCUT2D eigenvalue weighted by Crippen LogP contribution is 2.41. The van der Waals surface area contributed by atoms with Gasteiger partial charge in [-0.15, -0.1) is 0 Å². The highest BCUT2D eigenvalue weighted by atomic mass is 16.5. The summed E-state index contributed by atoms with van der Waals surface area (Å²) in [6.07, 6.45) is 7.10. The molecule has 0 bridgehead atoms. The summed E-state index contributed by atoms with van der Waals surface area (Å²) in [5, 5.41) is 5.95. The van der Waals surface area contributed by atoms with Crippen molar-refractivity contribution in [1.82, 2.24) is 15.2 Å². The number of aromatic nitrogens is 1. The van der Waals surface area contributed by atoms with E-state index >= 15 is 0 Å². The van der Waals surface area contributed by atoms with Crippen LogP contribution in [-0.2, 0) is 11.3 Å². The number of pyridine rings is 1. The Hall–Kier alpha value is -1.66. The molecule has 1 aliphatic heterocycles. The van der Waals surface area contributed by atoms with E-state index in [2.05, 4.69) is 20.5 Å². The molecule has 1 saturated heterocycles. The molecule has 0 aromatic carbocycles. The number of ether oxygens (including phenoxy) is 1. The minimum absolute atomic E-state index is 0.106. The summed E-state index contributed by atoms with van der Waals surface area (Å²) in [5.74, 6) is 0.584. The highest BCUT2D eigenvalue weighted by Gasteiger charge is 2.46. The molecule has 6 nitrogen and oxygen atoms in total. The molecule has 2 amide bonds. The number of carbonyl (C=O) groups is 1. The molecule has 2 N–H and O–H groups in total. The number of carbonyl (C=O) groups excluding carboxylic acids is 1. The van der Waals surface area contributed by atoms with Crippen LogP contribution in [0.2, 0.25) is 0 Å². The Morgan fingerprint density at radius 2 is 2.22 bits per heavy atom. The lowest BCUT2D eigenvalue weighted by Gasteiger charge is -2.30. The highest BCUT2D eigenvalue weighted by molar-refractivity contribution is 5.88. The van der Waals surface area contributed by atoms with Gasteiger partial charge in [-0.1, -0.05) is 12.8 Å². The number of hydrogen-bond donors (Lipinski definition) is 2. The van der Waals surface area contributed by atoms with Crippen molar-refractivity contribution in [3.05, 3.63) is 23.9 Å². The van der Waals surface area contributed by atoms with Gasteiger partial charge >= 0.3 is 6.03 Å². The van der Waals surface area contributed by atoms with Gasteiger partial charge in [0.2, 0.25) is 0 Å². The molecule has 3 rings (SSSR count). The lowest BCUT2D eigenvalue weighted by atomic mass is 9.93. The number of nitrogens with zero attached hydrogens (tertiary/aromatic N) is 2. The zero-order valence-corrected chi connectivity index (χ0v) is 14.0. The molecule has 1 atom stereocenters. The van der Waals surface area contributed by atoms with E-state index in [1.807, 2.05) is 26.2 Å². The minimum Gasteiger partial charge on any atom is -0.373 e. The first-order chi connectivity index (χ1) is 11.1. The Morgan fingerprint density at radius 3 is 2.96 bits per heavy atom. The van der Waals surface area contributed by atoms with Crippen molar-refractivity contribution in [2.24, 2.45) is 0 Å². The lowest BCUT2D eigenvalue weighted by molar-refractivity contribution is -0.00231. The van der Waals surface area contributed by atoms with Gasteiger partial charge in [0.25, 0.3) is 0 Å². The van der Waals surface area contributed by atoms with Crippen LogP contribution in [0.3, 0.4) is 0 Å². The van der Waals surface area contributed by atoms with E-state index in [-0.39, 0.29) is 17.7 Å². The molecular weight excluding hydrogens is 292 g/mol. The van der Waals surface area contributed by atoms with Crippen LogP contribution >= 0.6 is 0 Å². The van der Waals surface area contributed by atoms with E-state index < -0.39 is 0 Å². The predicted molar refractivity (Wildman–Crippen MR) is 89.3 cm³/mol. The third kappa shape index (κ3) is 3.82. The number of urea groups is 1. The van der Waals surface area contributed by atoms with Gasteiger partial charge in [0.15, 0.2) is 0 Å². The van der Waals surface area contributed by atoms with Crippen LogP contribution in [0.25, 0.3) is 0 Å². The largest absolute Gasteiger partial charge is 0.373 e. The standard InChI is InChI=1S/C17H26N4O2/c1-21(2)12-13-5-9-18-15(11-13)20-16(22)19-14-6-10-23-17(14)7-3-4-8-17/h5,9,11,14H,3-4,6-8,10,12H2,1-2H3,(H2,18,19,20,22). The van der Waals surface area contributed by atoms with Crippen LogP contribution in [0.1, 0.15) is 37.7 Å². The van der Waals surface area contributed by atoms with Gasteiger partial charge in [-0.25, -0.2) is 9.78 Å². The molecule has 0 radical (unpaired) electrons. The fraction of sp³-hybridized carbons (Fsp3) is 0.647. The molecule has 2 aliphatic rings. The average Bonchev–Trinajstić information content (AvgIpc) is 3.10. The number of anilines is 1. The maximum atomic E-state index is 12.3. The van der Waals surface area contributed by atoms with E-state index in [4.69, 9.17) is 4.74 Å². The van der Waals surface area contributed by atoms with E-state index in [0.717, 1.165) is 38.0 Å². The van der Waals surface area contributed by atoms with Crippen LogP contribution in [0.15, 0.2) is 18.3 Å². The third-order valence-corrected chi connectivity index (χ3v) is 4.75. The van der Waals surface area contributed by atoms with Crippen molar-refractivity contribution >= 4 is 11.8 Å². The van der Waals surface area contributed by atoms with E-state index in [1.165, 1.54) is 12.8 Å². The number of hydrogen-bond acceptors (Lipinski definition) is 4. The summed E-state index contributed by atoms with van der Waals surface area (Å²) < 4.78 is 5.96. The maximum Gasteiger partial charge on any atom is 0.320 e. The molecule has 1 saturated carbocycles. The first-order valence-corrected chi connectivity index (χ1v) is 8.39. The summed E-state index contributed by atoms with van der Waals surface area (Å²) in [6.45, 7) is 1.56. The zero-order chi connectivity index (χ0) is 16.3. The SMILES string of the molecule is CN(C)Cc1ccnc(NC(=O)NC2CCOC23CCCC3)c1. The number of nitrogens with one attached hydrogen (secondary N) is 2. The molecule has 23 heavy (non-hydrogen) atoms. The molecule has 2 heterocycles. The van der Waals surface area contributed by atoms with Crippen molar-refractivity contribution in [2.45, 2.75) is 50.3 Å². The van der Waals surface area contributed by atoms with Gasteiger partial charge in [-0.05, 0) is 51.1 Å². The van der Waals surface area contributed by atoms with Crippen molar-refractivity contribution < 1.29 is 9.53 Å². The fourth-order valence-electron chi connectivity index (χ4n) is 3.73. The average molecular weight is 318 g/mol. The van der Waals surface area contributed by atoms with Crippen LogP contribution in [0.4, 0.5) is 10.6 Å². The van der Waals surface area contributed by atoms with Gasteiger partial charge in [0.05, 0.1) is 11.6 Å². The predicted octanol–water partition coefficient (Wildman–Crippen LogP) is 2.37. The maximum absolute atomic E-state index is 12.3. The van der Waals surface area contributed by atoms with Crippen molar-refractivity contribution in [1.29, 1.82) is 0 Å². The van der Waals surface area contributed by atoms with Gasteiger partial charge in [-0.2, -0.15) is 0 Å². The molecule has 1 spiro atoms. The Bertz CT molecular complexity index is 550. The van der Waals surface area contributed by atoms with Gasteiger partial charge in [0, 0.05) is 19.3 Å². The van der Waals surface area contributed by atoms with Crippen molar-refractivity contribution in [2.75, 3.05) is 26.0 Å². The normalized spacial score (nSPS) is 22.7. The third-order valence-electron chi connectivity index (χ3n) is 4.75. The summed E-state index contributed by atoms with van der Waals surface area (Å²) in [5.41, 5.74) is 0.995. The van der Waals surface area contributed by atoms with E-state index in [1.54, 1.807) is 6.20 Å². The van der Waals surface area contributed by atoms with E-state index in [0.29, 0.717) is 5.82 Å². The van der Waals surface area contributed by atoms with Crippen molar-refractivity contribution in [3.63, 3.8) is 0 Å². The van der Waals surface area contributed by atoms with Crippen LogP contribution in [0.5, 0.6) is 0 Å². The molecule has 2 fully saturated rings. The molecule has 1 aliphatic carbocycles. The second kappa shape index (κ2) is 6.84. The second-order valence-corrected chi connectivity index (χ2v) is 6.85. The molecule has 126 valence electrons. The van der Waals surface area contributed by atoms with Gasteiger partial charge < -0.3 is 15.0 Å². The molecule has 1 aromatic rings. The topological polar surface area (TPSA) is 66.5 Å².